The average Bonchev–Trinajstić information content (AvgIpc) is 3.07. The summed E-state index contributed by atoms with van der Waals surface area (Å²) in [6.07, 6.45) is -39.6. The molecule has 0 radical (unpaired) electrons. The molecule has 0 unspecified atom stereocenters. The van der Waals surface area contributed by atoms with Crippen molar-refractivity contribution in [2.24, 2.45) is 0 Å². The third-order valence-corrected chi connectivity index (χ3v) is 11.6. The van der Waals surface area contributed by atoms with Crippen LogP contribution in [0.5, 0.6) is 0 Å². The van der Waals surface area contributed by atoms with E-state index in [0.29, 0.717) is 12.1 Å². The smallest absolute Gasteiger partial charge is 0.373 e. The van der Waals surface area contributed by atoms with E-state index in [2.05, 4.69) is 0 Å². The third kappa shape index (κ3) is 8.69. The highest BCUT2D eigenvalue weighted by molar-refractivity contribution is 7.20. The highest BCUT2D eigenvalue weighted by Gasteiger charge is 2.46. The predicted molar refractivity (Wildman–Crippen MR) is 166 cm³/mol. The standard InChI is InChI=1S/C33H22BF18O3Si/c1-53-56(54-2,55-3)27-6-4-23(5-7-27)34(24-11-17(28(35,36)37)8-18(12-24)29(38,39)40,25-13-19(30(41,42)43)9-20(14-25)31(44,45)46)26-15-21(32(47,48)49)10-22(16-26)33(50,51)52/h4-16H,1-3H3/q-1. The Kier molecular flexibility index (Phi) is 11.6. The molecule has 56 heavy (non-hydrogen) atoms. The molecule has 0 aliphatic rings. The summed E-state index contributed by atoms with van der Waals surface area (Å²) >= 11 is 0. The van der Waals surface area contributed by atoms with Crippen LogP contribution in [0.25, 0.3) is 0 Å². The van der Waals surface area contributed by atoms with E-state index in [1.165, 1.54) is 0 Å². The van der Waals surface area contributed by atoms with Crippen molar-refractivity contribution in [3.63, 3.8) is 0 Å². The van der Waals surface area contributed by atoms with Crippen molar-refractivity contribution >= 4 is 42.0 Å². The van der Waals surface area contributed by atoms with Gasteiger partial charge in [0.05, 0.1) is 33.4 Å². The van der Waals surface area contributed by atoms with Gasteiger partial charge in [0, 0.05) is 26.5 Å². The minimum atomic E-state index is -5.79. The number of benzene rings is 4. The van der Waals surface area contributed by atoms with E-state index >= 15 is 0 Å². The van der Waals surface area contributed by atoms with Gasteiger partial charge >= 0.3 is 45.9 Å². The van der Waals surface area contributed by atoms with Gasteiger partial charge in [-0.15, -0.1) is 0 Å². The highest BCUT2D eigenvalue weighted by Crippen LogP contribution is 2.39. The zero-order chi connectivity index (χ0) is 42.7. The van der Waals surface area contributed by atoms with Gasteiger partial charge in [0.25, 0.3) is 0 Å². The Morgan fingerprint density at radius 1 is 0.339 bits per heavy atom. The quantitative estimate of drug-likeness (QED) is 0.132. The van der Waals surface area contributed by atoms with Gasteiger partial charge in [-0.2, -0.15) is 101 Å². The van der Waals surface area contributed by atoms with Gasteiger partial charge < -0.3 is 13.3 Å². The van der Waals surface area contributed by atoms with E-state index in [9.17, 15) is 79.0 Å². The van der Waals surface area contributed by atoms with Crippen LogP contribution in [0.3, 0.4) is 0 Å². The molecule has 306 valence electrons. The molecule has 4 aromatic rings. The van der Waals surface area contributed by atoms with Crippen molar-refractivity contribution in [1.29, 1.82) is 0 Å². The first-order valence-electron chi connectivity index (χ1n) is 15.2. The molecule has 0 amide bonds. The second kappa shape index (κ2) is 14.6. The molecule has 0 spiro atoms. The zero-order valence-electron chi connectivity index (χ0n) is 28.1. The van der Waals surface area contributed by atoms with Crippen molar-refractivity contribution in [2.45, 2.75) is 37.1 Å². The Hall–Kier alpha value is -4.22. The zero-order valence-corrected chi connectivity index (χ0v) is 29.1. The summed E-state index contributed by atoms with van der Waals surface area (Å²) in [5.74, 6) is 0. The lowest BCUT2D eigenvalue weighted by atomic mass is 9.12. The van der Waals surface area contributed by atoms with Gasteiger partial charge in [-0.05, 0) is 18.2 Å². The largest absolute Gasteiger partial charge is 0.536 e. The summed E-state index contributed by atoms with van der Waals surface area (Å²) in [6.45, 7) is 0. The van der Waals surface area contributed by atoms with E-state index in [4.69, 9.17) is 13.3 Å². The molecule has 0 atom stereocenters. The Bertz CT molecular complexity index is 1760. The minimum absolute atomic E-state index is 0.140. The summed E-state index contributed by atoms with van der Waals surface area (Å²) in [5, 5.41) is -0.140. The lowest BCUT2D eigenvalue weighted by molar-refractivity contribution is -0.144. The molecule has 0 aromatic heterocycles. The van der Waals surface area contributed by atoms with Crippen LogP contribution in [0, 0.1) is 0 Å². The maximum Gasteiger partial charge on any atom is 0.536 e. The van der Waals surface area contributed by atoms with Crippen LogP contribution in [-0.2, 0) is 50.3 Å². The minimum Gasteiger partial charge on any atom is -0.373 e. The van der Waals surface area contributed by atoms with Crippen LogP contribution < -0.4 is 27.0 Å². The van der Waals surface area contributed by atoms with E-state index in [-0.39, 0.29) is 41.6 Å². The summed E-state index contributed by atoms with van der Waals surface area (Å²) in [4.78, 5) is 0. The van der Waals surface area contributed by atoms with E-state index in [0.717, 1.165) is 33.5 Å². The molecular weight excluding hydrogens is 825 g/mol. The first-order chi connectivity index (χ1) is 25.3. The van der Waals surface area contributed by atoms with Crippen molar-refractivity contribution in [3.05, 3.63) is 112 Å². The molecule has 0 aliphatic carbocycles. The SMILES string of the molecule is CO[Si](OC)(OC)c1ccc([B-](c2cc(C(F)(F)F)cc(C(F)(F)F)c2)(c2cc(C(F)(F)F)cc(C(F)(F)F)c2)c2cc(C(F)(F)F)cc(C(F)(F)F)c2)cc1. The van der Waals surface area contributed by atoms with Crippen LogP contribution in [0.4, 0.5) is 79.0 Å². The first kappa shape index (κ1) is 44.5. The highest BCUT2D eigenvalue weighted by atomic mass is 28.4. The van der Waals surface area contributed by atoms with Crippen molar-refractivity contribution < 1.29 is 92.3 Å². The van der Waals surface area contributed by atoms with Crippen LogP contribution >= 0.6 is 0 Å². The maximum atomic E-state index is 14.3. The molecule has 0 saturated heterocycles. The van der Waals surface area contributed by atoms with Crippen LogP contribution in [-0.4, -0.2) is 36.3 Å². The van der Waals surface area contributed by atoms with E-state index in [1.54, 1.807) is 0 Å². The van der Waals surface area contributed by atoms with Crippen molar-refractivity contribution in [2.75, 3.05) is 21.3 Å². The molecule has 0 saturated carbocycles. The van der Waals surface area contributed by atoms with Gasteiger partial charge in [-0.1, -0.05) is 60.7 Å². The fraction of sp³-hybridized carbons (Fsp3) is 0.273. The monoisotopic (exact) mass is 847 g/mol. The molecule has 4 aromatic carbocycles. The Labute approximate surface area is 305 Å². The fourth-order valence-corrected chi connectivity index (χ4v) is 8.20. The second-order valence-corrected chi connectivity index (χ2v) is 15.1. The Balaban J connectivity index is 2.49. The summed E-state index contributed by atoms with van der Waals surface area (Å²) in [7, 11) is -0.861. The van der Waals surface area contributed by atoms with Crippen LogP contribution in [0.15, 0.2) is 78.9 Å². The second-order valence-electron chi connectivity index (χ2n) is 12.2. The summed E-state index contributed by atoms with van der Waals surface area (Å²) < 4.78 is 274. The predicted octanol–water partition coefficient (Wildman–Crippen LogP) is 8.26. The van der Waals surface area contributed by atoms with Gasteiger partial charge in [0.15, 0.2) is 0 Å². The number of hydrogen-bond acceptors (Lipinski definition) is 3. The molecule has 3 nitrogen and oxygen atoms in total. The third-order valence-electron chi connectivity index (χ3n) is 8.90. The number of hydrogen-bond donors (Lipinski definition) is 0. The number of alkyl halides is 18. The van der Waals surface area contributed by atoms with Gasteiger partial charge in [-0.3, -0.25) is 0 Å². The molecule has 0 fully saturated rings. The van der Waals surface area contributed by atoms with E-state index < -0.39 is 125 Å². The first-order valence-corrected chi connectivity index (χ1v) is 16.9. The molecule has 0 heterocycles. The molecule has 0 N–H and O–H groups in total. The molecule has 0 bridgehead atoms. The van der Waals surface area contributed by atoms with Crippen molar-refractivity contribution in [1.82, 2.24) is 0 Å². The normalized spacial score (nSPS) is 14.0. The lowest BCUT2D eigenvalue weighted by Crippen LogP contribution is -2.75. The lowest BCUT2D eigenvalue weighted by Gasteiger charge is -2.46. The van der Waals surface area contributed by atoms with E-state index in [1.807, 2.05) is 0 Å². The Morgan fingerprint density at radius 3 is 0.732 bits per heavy atom. The van der Waals surface area contributed by atoms with Crippen LogP contribution in [0.2, 0.25) is 0 Å². The number of halogens is 18. The molecule has 23 heteroatoms. The summed E-state index contributed by atoms with van der Waals surface area (Å²) in [5.41, 5.74) is -19.3. The van der Waals surface area contributed by atoms with Crippen molar-refractivity contribution in [3.8, 4) is 0 Å². The molecule has 0 aliphatic heterocycles. The molecule has 4 rings (SSSR count). The summed E-state index contributed by atoms with van der Waals surface area (Å²) in [6, 6.07) is 0.275. The topological polar surface area (TPSA) is 27.7 Å². The van der Waals surface area contributed by atoms with Gasteiger partial charge in [0.1, 0.15) is 6.15 Å². The van der Waals surface area contributed by atoms with Gasteiger partial charge in [-0.25, -0.2) is 0 Å². The fourth-order valence-electron chi connectivity index (χ4n) is 6.42. The van der Waals surface area contributed by atoms with Gasteiger partial charge in [0.2, 0.25) is 0 Å². The Morgan fingerprint density at radius 2 is 0.554 bits per heavy atom. The average molecular weight is 847 g/mol. The number of rotatable bonds is 8. The maximum absolute atomic E-state index is 14.3. The van der Waals surface area contributed by atoms with Crippen LogP contribution in [0.1, 0.15) is 33.4 Å². The molecular formula is C33H22BF18O3Si-.